The third-order valence-corrected chi connectivity index (χ3v) is 5.62. The summed E-state index contributed by atoms with van der Waals surface area (Å²) in [6.45, 7) is -0.656. The number of nitrogens with one attached hydrogen (secondary N) is 1. The van der Waals surface area contributed by atoms with Crippen molar-refractivity contribution in [3.05, 3.63) is 89.1 Å². The van der Waals surface area contributed by atoms with Crippen molar-refractivity contribution in [1.29, 1.82) is 0 Å². The number of thioether (sulfide) groups is 1. The standard InChI is InChI=1S/C22H16ClF3N2O3S/c23-17-11-15(22(24,25)26)12-27-20(17)28-18(29)13-31-21(30)19(14-7-3-1-4-8-14)32-16-9-5-2-6-10-16/h1-12,19H,13H2,(H,27,28,29). The number of halogens is 4. The van der Waals surface area contributed by atoms with Crippen molar-refractivity contribution in [1.82, 2.24) is 4.98 Å². The van der Waals surface area contributed by atoms with Crippen molar-refractivity contribution in [3.63, 3.8) is 0 Å². The van der Waals surface area contributed by atoms with Gasteiger partial charge >= 0.3 is 12.1 Å². The maximum atomic E-state index is 12.7. The van der Waals surface area contributed by atoms with Gasteiger partial charge in [0.1, 0.15) is 5.25 Å². The van der Waals surface area contributed by atoms with Crippen molar-refractivity contribution in [2.45, 2.75) is 16.3 Å². The van der Waals surface area contributed by atoms with Crippen LogP contribution in [0.1, 0.15) is 16.4 Å². The summed E-state index contributed by atoms with van der Waals surface area (Å²) in [5.41, 5.74) is -0.352. The second kappa shape index (κ2) is 10.5. The van der Waals surface area contributed by atoms with Crippen LogP contribution in [-0.2, 0) is 20.5 Å². The normalized spacial score (nSPS) is 12.1. The van der Waals surface area contributed by atoms with Crippen LogP contribution in [0.5, 0.6) is 0 Å². The van der Waals surface area contributed by atoms with Gasteiger partial charge in [0.2, 0.25) is 0 Å². The van der Waals surface area contributed by atoms with Crippen LogP contribution in [0.15, 0.2) is 77.8 Å². The van der Waals surface area contributed by atoms with Crippen molar-refractivity contribution in [2.24, 2.45) is 0 Å². The number of alkyl halides is 3. The molecule has 0 saturated heterocycles. The Morgan fingerprint density at radius 2 is 1.69 bits per heavy atom. The minimum atomic E-state index is -4.61. The van der Waals surface area contributed by atoms with Crippen LogP contribution >= 0.6 is 23.4 Å². The molecule has 3 aromatic rings. The fourth-order valence-corrected chi connectivity index (χ4v) is 3.84. The summed E-state index contributed by atoms with van der Waals surface area (Å²) in [5, 5.41) is 1.13. The molecule has 0 aliphatic rings. The molecule has 1 N–H and O–H groups in total. The molecule has 1 heterocycles. The fraction of sp³-hybridized carbons (Fsp3) is 0.136. The van der Waals surface area contributed by atoms with E-state index in [4.69, 9.17) is 16.3 Å². The lowest BCUT2D eigenvalue weighted by molar-refractivity contribution is -0.146. The first kappa shape index (κ1) is 23.6. The van der Waals surface area contributed by atoms with Gasteiger partial charge in [-0.25, -0.2) is 4.98 Å². The SMILES string of the molecule is O=C(COC(=O)C(Sc1ccccc1)c1ccccc1)Nc1ncc(C(F)(F)F)cc1Cl. The third kappa shape index (κ3) is 6.48. The maximum absolute atomic E-state index is 12.7. The Morgan fingerprint density at radius 1 is 1.06 bits per heavy atom. The smallest absolute Gasteiger partial charge is 0.417 e. The van der Waals surface area contributed by atoms with E-state index in [9.17, 15) is 22.8 Å². The van der Waals surface area contributed by atoms with Gasteiger partial charge in [-0.15, -0.1) is 11.8 Å². The van der Waals surface area contributed by atoms with Gasteiger partial charge in [0.15, 0.2) is 12.4 Å². The second-order valence-corrected chi connectivity index (χ2v) is 8.02. The maximum Gasteiger partial charge on any atom is 0.417 e. The minimum absolute atomic E-state index is 0.265. The average molecular weight is 481 g/mol. The Bertz CT molecular complexity index is 1080. The molecule has 0 spiro atoms. The van der Waals surface area contributed by atoms with Gasteiger partial charge in [0.25, 0.3) is 5.91 Å². The number of carbonyl (C=O) groups is 2. The lowest BCUT2D eigenvalue weighted by Gasteiger charge is -2.16. The summed E-state index contributed by atoms with van der Waals surface area (Å²) in [7, 11) is 0. The van der Waals surface area contributed by atoms with Gasteiger partial charge in [0.05, 0.1) is 10.6 Å². The number of hydrogen-bond donors (Lipinski definition) is 1. The van der Waals surface area contributed by atoms with Gasteiger partial charge in [0, 0.05) is 11.1 Å². The summed E-state index contributed by atoms with van der Waals surface area (Å²) in [6, 6.07) is 18.8. The molecule has 32 heavy (non-hydrogen) atoms. The van der Waals surface area contributed by atoms with E-state index in [0.29, 0.717) is 17.8 Å². The molecule has 10 heteroatoms. The molecule has 5 nitrogen and oxygen atoms in total. The van der Waals surface area contributed by atoms with Crippen molar-refractivity contribution in [3.8, 4) is 0 Å². The lowest BCUT2D eigenvalue weighted by Crippen LogP contribution is -2.23. The highest BCUT2D eigenvalue weighted by Gasteiger charge is 2.32. The summed E-state index contributed by atoms with van der Waals surface area (Å²) in [5.74, 6) is -1.70. The van der Waals surface area contributed by atoms with Crippen molar-refractivity contribution >= 4 is 41.1 Å². The summed E-state index contributed by atoms with van der Waals surface area (Å²) in [4.78, 5) is 29.2. The molecule has 1 aromatic heterocycles. The number of ether oxygens (including phenoxy) is 1. The van der Waals surface area contributed by atoms with E-state index >= 15 is 0 Å². The zero-order chi connectivity index (χ0) is 23.1. The molecule has 0 aliphatic heterocycles. The molecular weight excluding hydrogens is 465 g/mol. The Kier molecular flexibility index (Phi) is 7.76. The summed E-state index contributed by atoms with van der Waals surface area (Å²) in [6.07, 6.45) is -4.06. The number of hydrogen-bond acceptors (Lipinski definition) is 5. The minimum Gasteiger partial charge on any atom is -0.454 e. The number of anilines is 1. The van der Waals surface area contributed by atoms with Crippen LogP contribution in [0.3, 0.4) is 0 Å². The Morgan fingerprint density at radius 3 is 2.28 bits per heavy atom. The van der Waals surface area contributed by atoms with Gasteiger partial charge in [-0.05, 0) is 23.8 Å². The van der Waals surface area contributed by atoms with E-state index in [1.807, 2.05) is 36.4 Å². The van der Waals surface area contributed by atoms with E-state index < -0.39 is 35.5 Å². The molecule has 0 aliphatic carbocycles. The van der Waals surface area contributed by atoms with E-state index in [1.165, 1.54) is 11.8 Å². The first-order valence-corrected chi connectivity index (χ1v) is 10.5. The first-order valence-electron chi connectivity index (χ1n) is 9.20. The van der Waals surface area contributed by atoms with Crippen LogP contribution in [0, 0.1) is 0 Å². The highest BCUT2D eigenvalue weighted by molar-refractivity contribution is 8.00. The van der Waals surface area contributed by atoms with Crippen LogP contribution < -0.4 is 5.32 Å². The highest BCUT2D eigenvalue weighted by Crippen LogP contribution is 2.36. The number of aromatic nitrogens is 1. The molecule has 1 unspecified atom stereocenters. The molecule has 0 bridgehead atoms. The number of pyridine rings is 1. The fourth-order valence-electron chi connectivity index (χ4n) is 2.58. The number of amides is 1. The lowest BCUT2D eigenvalue weighted by atomic mass is 10.1. The van der Waals surface area contributed by atoms with Gasteiger partial charge in [-0.1, -0.05) is 60.1 Å². The monoisotopic (exact) mass is 480 g/mol. The largest absolute Gasteiger partial charge is 0.454 e. The average Bonchev–Trinajstić information content (AvgIpc) is 2.78. The molecule has 1 amide bonds. The Labute approximate surface area is 190 Å². The molecule has 166 valence electrons. The topological polar surface area (TPSA) is 68.3 Å². The zero-order valence-corrected chi connectivity index (χ0v) is 17.9. The number of esters is 1. The highest BCUT2D eigenvalue weighted by atomic mass is 35.5. The van der Waals surface area contributed by atoms with Crippen LogP contribution in [0.4, 0.5) is 19.0 Å². The van der Waals surface area contributed by atoms with E-state index in [0.717, 1.165) is 4.90 Å². The van der Waals surface area contributed by atoms with Crippen molar-refractivity contribution in [2.75, 3.05) is 11.9 Å². The van der Waals surface area contributed by atoms with Gasteiger partial charge in [-0.3, -0.25) is 9.59 Å². The Balaban J connectivity index is 1.65. The number of benzene rings is 2. The zero-order valence-electron chi connectivity index (χ0n) is 16.3. The van der Waals surface area contributed by atoms with E-state index in [1.54, 1.807) is 24.3 Å². The van der Waals surface area contributed by atoms with E-state index in [2.05, 4.69) is 10.3 Å². The molecule has 2 aromatic carbocycles. The van der Waals surface area contributed by atoms with Gasteiger partial charge < -0.3 is 10.1 Å². The molecule has 1 atom stereocenters. The molecule has 0 fully saturated rings. The Hall–Kier alpha value is -3.04. The molecule has 0 radical (unpaired) electrons. The second-order valence-electron chi connectivity index (χ2n) is 6.43. The van der Waals surface area contributed by atoms with E-state index in [-0.39, 0.29) is 10.8 Å². The summed E-state index contributed by atoms with van der Waals surface area (Å²) < 4.78 is 43.3. The van der Waals surface area contributed by atoms with Crippen LogP contribution in [0.25, 0.3) is 0 Å². The third-order valence-electron chi connectivity index (χ3n) is 4.09. The van der Waals surface area contributed by atoms with Crippen LogP contribution in [-0.4, -0.2) is 23.5 Å². The molecule has 3 rings (SSSR count). The van der Waals surface area contributed by atoms with Crippen molar-refractivity contribution < 1.29 is 27.5 Å². The molecular formula is C22H16ClF3N2O3S. The number of carbonyl (C=O) groups excluding carboxylic acids is 2. The predicted molar refractivity (Wildman–Crippen MR) is 115 cm³/mol. The van der Waals surface area contributed by atoms with Crippen LogP contribution in [0.2, 0.25) is 5.02 Å². The van der Waals surface area contributed by atoms with Gasteiger partial charge in [-0.2, -0.15) is 13.2 Å². The first-order chi connectivity index (χ1) is 15.2. The molecule has 0 saturated carbocycles. The number of nitrogens with zero attached hydrogens (tertiary/aromatic N) is 1. The summed E-state index contributed by atoms with van der Waals surface area (Å²) >= 11 is 7.04. The number of rotatable bonds is 7. The predicted octanol–water partition coefficient (Wildman–Crippen LogP) is 5.77. The quantitative estimate of drug-likeness (QED) is 0.343.